The van der Waals surface area contributed by atoms with Gasteiger partial charge in [0.1, 0.15) is 23.7 Å². The van der Waals surface area contributed by atoms with Gasteiger partial charge in [0.15, 0.2) is 0 Å². The molecule has 0 unspecified atom stereocenters. The number of carbonyl (C=O) groups is 4. The standard InChI is InChI=1S/C31H40BrN3O9S/c1-42-29(38)31-18-20(31)9-5-3-2-4-6-12-25(33-30(39)43-22-10-7-8-11-22)28(37)35-19-23(17-26(35)27(36)34-31)44-45(40,41)24-15-13-21(32)14-16-24/h5,9,13-16,20,22-23,25-26H,2-4,6-8,10-12,17-19H2,1H3,(H,33,39)(H,34,36)/t20-,23-,25+,26+,31-/m1/s1. The van der Waals surface area contributed by atoms with Crippen molar-refractivity contribution in [3.05, 3.63) is 40.9 Å². The summed E-state index contributed by atoms with van der Waals surface area (Å²) in [7, 11) is -2.99. The van der Waals surface area contributed by atoms with Gasteiger partial charge >= 0.3 is 12.1 Å². The number of methoxy groups -OCH3 is 1. The second kappa shape index (κ2) is 14.2. The van der Waals surface area contributed by atoms with Gasteiger partial charge in [-0.1, -0.05) is 40.9 Å². The molecule has 246 valence electrons. The molecule has 0 spiro atoms. The molecule has 0 bridgehead atoms. The van der Waals surface area contributed by atoms with Crippen LogP contribution in [-0.2, 0) is 38.2 Å². The number of hydrogen-bond acceptors (Lipinski definition) is 9. The fourth-order valence-electron chi connectivity index (χ4n) is 6.47. The first-order valence-electron chi connectivity index (χ1n) is 15.6. The van der Waals surface area contributed by atoms with Gasteiger partial charge in [-0.2, -0.15) is 8.42 Å². The summed E-state index contributed by atoms with van der Waals surface area (Å²) in [6.45, 7) is -0.211. The molecule has 12 nitrogen and oxygen atoms in total. The fourth-order valence-corrected chi connectivity index (χ4v) is 7.81. The van der Waals surface area contributed by atoms with Crippen LogP contribution in [-0.4, -0.2) is 80.7 Å². The first kappa shape index (κ1) is 33.4. The van der Waals surface area contributed by atoms with Crippen LogP contribution >= 0.6 is 15.9 Å². The second-order valence-corrected chi connectivity index (χ2v) is 14.7. The molecule has 1 saturated heterocycles. The van der Waals surface area contributed by atoms with Crippen molar-refractivity contribution in [3.63, 3.8) is 0 Å². The molecule has 2 aliphatic carbocycles. The van der Waals surface area contributed by atoms with Crippen molar-refractivity contribution in [1.82, 2.24) is 15.5 Å². The van der Waals surface area contributed by atoms with E-state index in [1.165, 1.54) is 24.1 Å². The molecule has 2 N–H and O–H groups in total. The maximum Gasteiger partial charge on any atom is 0.408 e. The number of benzene rings is 1. The SMILES string of the molecule is COC(=O)[C@@]12C[C@H]1C=CCCCCC[C@H](NC(=O)OC1CCCC1)C(=O)N1C[C@H](OS(=O)(=O)c3ccc(Br)cc3)C[C@H]1C(=O)N2. The van der Waals surface area contributed by atoms with Gasteiger partial charge in [0, 0.05) is 23.4 Å². The van der Waals surface area contributed by atoms with Crippen molar-refractivity contribution in [2.24, 2.45) is 5.92 Å². The number of nitrogens with one attached hydrogen (secondary N) is 2. The summed E-state index contributed by atoms with van der Waals surface area (Å²) in [4.78, 5) is 54.9. The number of hydrogen-bond donors (Lipinski definition) is 2. The molecule has 5 rings (SSSR count). The monoisotopic (exact) mass is 709 g/mol. The highest BCUT2D eigenvalue weighted by Crippen LogP contribution is 2.46. The van der Waals surface area contributed by atoms with Crippen molar-refractivity contribution in [1.29, 1.82) is 0 Å². The number of alkyl carbamates (subject to hydrolysis) is 1. The zero-order chi connectivity index (χ0) is 32.2. The van der Waals surface area contributed by atoms with Gasteiger partial charge < -0.3 is 25.0 Å². The molecule has 2 aliphatic heterocycles. The number of fused-ring (bicyclic) bond motifs is 2. The number of halogens is 1. The summed E-state index contributed by atoms with van der Waals surface area (Å²) >= 11 is 3.28. The highest BCUT2D eigenvalue weighted by atomic mass is 79.9. The molecule has 5 atom stereocenters. The van der Waals surface area contributed by atoms with Crippen LogP contribution in [0.2, 0.25) is 0 Å². The summed E-state index contributed by atoms with van der Waals surface area (Å²) in [5.41, 5.74) is -1.28. The summed E-state index contributed by atoms with van der Waals surface area (Å²) in [5, 5.41) is 5.55. The van der Waals surface area contributed by atoms with Crippen LogP contribution in [0.4, 0.5) is 4.79 Å². The van der Waals surface area contributed by atoms with Gasteiger partial charge in [0.25, 0.3) is 10.1 Å². The largest absolute Gasteiger partial charge is 0.467 e. The van der Waals surface area contributed by atoms with Gasteiger partial charge in [-0.05, 0) is 75.6 Å². The van der Waals surface area contributed by atoms with Gasteiger partial charge in [-0.15, -0.1) is 0 Å². The van der Waals surface area contributed by atoms with Crippen molar-refractivity contribution in [3.8, 4) is 0 Å². The minimum absolute atomic E-state index is 0.0719. The van der Waals surface area contributed by atoms with Crippen LogP contribution < -0.4 is 10.6 Å². The molecular weight excluding hydrogens is 670 g/mol. The van der Waals surface area contributed by atoms with Gasteiger partial charge in [-0.25, -0.2) is 9.59 Å². The minimum atomic E-state index is -4.24. The number of rotatable bonds is 6. The third-order valence-corrected chi connectivity index (χ3v) is 10.9. The van der Waals surface area contributed by atoms with Crippen LogP contribution in [0, 0.1) is 5.92 Å². The second-order valence-electron chi connectivity index (χ2n) is 12.2. The lowest BCUT2D eigenvalue weighted by molar-refractivity contribution is -0.148. The van der Waals surface area contributed by atoms with Crippen molar-refractivity contribution < 1.29 is 41.3 Å². The predicted molar refractivity (Wildman–Crippen MR) is 165 cm³/mol. The van der Waals surface area contributed by atoms with E-state index in [0.29, 0.717) is 23.7 Å². The topological polar surface area (TPSA) is 157 Å². The highest BCUT2D eigenvalue weighted by molar-refractivity contribution is 9.10. The van der Waals surface area contributed by atoms with E-state index in [4.69, 9.17) is 13.7 Å². The van der Waals surface area contributed by atoms with E-state index in [1.54, 1.807) is 12.1 Å². The lowest BCUT2D eigenvalue weighted by atomic mass is 10.0. The summed E-state index contributed by atoms with van der Waals surface area (Å²) < 4.78 is 43.1. The van der Waals surface area contributed by atoms with Crippen molar-refractivity contribution in [2.45, 2.75) is 105 Å². The van der Waals surface area contributed by atoms with Gasteiger partial charge in [-0.3, -0.25) is 13.8 Å². The molecule has 4 aliphatic rings. The fraction of sp³-hybridized carbons (Fsp3) is 0.613. The number of allylic oxidation sites excluding steroid dienone is 1. The molecule has 2 heterocycles. The van der Waals surface area contributed by atoms with Crippen molar-refractivity contribution >= 4 is 49.9 Å². The highest BCUT2D eigenvalue weighted by Gasteiger charge is 2.62. The number of carbonyl (C=O) groups excluding carboxylic acids is 4. The van der Waals surface area contributed by atoms with E-state index in [-0.39, 0.29) is 29.9 Å². The molecular formula is C31H40BrN3O9S. The lowest BCUT2D eigenvalue weighted by Gasteiger charge is -2.29. The molecule has 0 aromatic heterocycles. The molecule has 1 aromatic rings. The van der Waals surface area contributed by atoms with E-state index in [2.05, 4.69) is 26.6 Å². The Morgan fingerprint density at radius 1 is 1.02 bits per heavy atom. The average molecular weight is 711 g/mol. The predicted octanol–water partition coefficient (Wildman–Crippen LogP) is 3.73. The number of nitrogens with zero attached hydrogens (tertiary/aromatic N) is 1. The van der Waals surface area contributed by atoms with Crippen LogP contribution in [0.15, 0.2) is 45.8 Å². The first-order chi connectivity index (χ1) is 21.5. The smallest absolute Gasteiger partial charge is 0.408 e. The van der Waals surface area contributed by atoms with Gasteiger partial charge in [0.05, 0.1) is 18.1 Å². The Morgan fingerprint density at radius 2 is 1.73 bits per heavy atom. The summed E-state index contributed by atoms with van der Waals surface area (Å²) in [6, 6.07) is 3.76. The lowest BCUT2D eigenvalue weighted by Crippen LogP contribution is -2.56. The molecule has 14 heteroatoms. The number of amides is 3. The average Bonchev–Trinajstić information content (AvgIpc) is 3.29. The maximum absolute atomic E-state index is 14.1. The molecule has 0 radical (unpaired) electrons. The zero-order valence-electron chi connectivity index (χ0n) is 25.2. The Hall–Kier alpha value is -2.97. The molecule has 3 fully saturated rings. The van der Waals surface area contributed by atoms with Crippen LogP contribution in [0.25, 0.3) is 0 Å². The normalized spacial score (nSPS) is 29.5. The number of esters is 1. The van der Waals surface area contributed by atoms with Crippen LogP contribution in [0.3, 0.4) is 0 Å². The van der Waals surface area contributed by atoms with Crippen LogP contribution in [0.5, 0.6) is 0 Å². The molecule has 2 saturated carbocycles. The Morgan fingerprint density at radius 3 is 2.44 bits per heavy atom. The summed E-state index contributed by atoms with van der Waals surface area (Å²) in [6.07, 6.45) is 8.96. The third kappa shape index (κ3) is 7.89. The quantitative estimate of drug-likeness (QED) is 0.255. The Balaban J connectivity index is 1.41. The molecule has 45 heavy (non-hydrogen) atoms. The Bertz CT molecular complexity index is 1410. The Labute approximate surface area is 271 Å². The minimum Gasteiger partial charge on any atom is -0.467 e. The molecule has 3 amide bonds. The Kier molecular flexibility index (Phi) is 10.5. The first-order valence-corrected chi connectivity index (χ1v) is 17.8. The third-order valence-electron chi connectivity index (χ3n) is 9.02. The summed E-state index contributed by atoms with van der Waals surface area (Å²) in [5.74, 6) is -2.03. The maximum atomic E-state index is 14.1. The van der Waals surface area contributed by atoms with Gasteiger partial charge in [0.2, 0.25) is 11.8 Å². The van der Waals surface area contributed by atoms with E-state index in [0.717, 1.165) is 44.9 Å². The van der Waals surface area contributed by atoms with E-state index in [1.807, 2.05) is 12.2 Å². The van der Waals surface area contributed by atoms with E-state index in [9.17, 15) is 27.6 Å². The zero-order valence-corrected chi connectivity index (χ0v) is 27.6. The van der Waals surface area contributed by atoms with E-state index < -0.39 is 57.7 Å². The van der Waals surface area contributed by atoms with Crippen molar-refractivity contribution in [2.75, 3.05) is 13.7 Å². The number of ether oxygens (including phenoxy) is 2. The molecule has 1 aromatic carbocycles. The van der Waals surface area contributed by atoms with E-state index >= 15 is 0 Å². The van der Waals surface area contributed by atoms with Crippen LogP contribution in [0.1, 0.15) is 70.6 Å².